The molecule has 0 unspecified atom stereocenters. The van der Waals surface area contributed by atoms with E-state index in [1.807, 2.05) is 24.3 Å². The molecular weight excluding hydrogens is 256 g/mol. The van der Waals surface area contributed by atoms with Crippen molar-refractivity contribution in [3.8, 4) is 0 Å². The Morgan fingerprint density at radius 1 is 1.40 bits per heavy atom. The number of amides is 1. The first-order chi connectivity index (χ1) is 9.74. The molecule has 1 aromatic carbocycles. The molecule has 0 aliphatic carbocycles. The van der Waals surface area contributed by atoms with Crippen LogP contribution in [0.3, 0.4) is 0 Å². The van der Waals surface area contributed by atoms with Crippen LogP contribution < -0.4 is 0 Å². The van der Waals surface area contributed by atoms with Gasteiger partial charge in [0.1, 0.15) is 0 Å². The van der Waals surface area contributed by atoms with Crippen LogP contribution in [0.15, 0.2) is 36.5 Å². The number of pyridine rings is 1. The molecular formula is C15H16N2O3. The highest BCUT2D eigenvalue weighted by molar-refractivity contribution is 5.97. The molecule has 5 nitrogen and oxygen atoms in total. The van der Waals surface area contributed by atoms with E-state index < -0.39 is 6.10 Å². The predicted molar refractivity (Wildman–Crippen MR) is 74.5 cm³/mol. The molecule has 1 N–H and O–H groups in total. The van der Waals surface area contributed by atoms with Gasteiger partial charge in [-0.15, -0.1) is 0 Å². The third-order valence-electron chi connectivity index (χ3n) is 3.38. The molecule has 20 heavy (non-hydrogen) atoms. The van der Waals surface area contributed by atoms with Crippen LogP contribution in [0.25, 0.3) is 10.9 Å². The molecule has 0 radical (unpaired) electrons. The third-order valence-corrected chi connectivity index (χ3v) is 3.38. The Balaban J connectivity index is 1.87. The number of aromatic nitrogens is 1. The maximum atomic E-state index is 12.5. The van der Waals surface area contributed by atoms with Gasteiger partial charge in [-0.1, -0.05) is 6.07 Å². The maximum Gasteiger partial charge on any atom is 0.254 e. The standard InChI is InChI=1S/C15H16N2O3/c18-13-9-17(6-7-20-10-13)15(19)12-3-4-14-11(8-12)2-1-5-16-14/h1-5,8,13,18H,6-7,9-10H2/t13-/m1/s1. The van der Waals surface area contributed by atoms with E-state index in [4.69, 9.17) is 4.74 Å². The molecule has 104 valence electrons. The van der Waals surface area contributed by atoms with Crippen LogP contribution in [0.5, 0.6) is 0 Å². The number of aliphatic hydroxyl groups excluding tert-OH is 1. The topological polar surface area (TPSA) is 62.7 Å². The van der Waals surface area contributed by atoms with E-state index in [1.165, 1.54) is 0 Å². The van der Waals surface area contributed by atoms with Gasteiger partial charge in [-0.2, -0.15) is 0 Å². The lowest BCUT2D eigenvalue weighted by atomic mass is 10.1. The van der Waals surface area contributed by atoms with Crippen molar-refractivity contribution in [1.82, 2.24) is 9.88 Å². The van der Waals surface area contributed by atoms with Crippen molar-refractivity contribution in [3.63, 3.8) is 0 Å². The summed E-state index contributed by atoms with van der Waals surface area (Å²) in [6.45, 7) is 1.55. The SMILES string of the molecule is O=C(c1ccc2ncccc2c1)N1CCOC[C@H](O)C1. The van der Waals surface area contributed by atoms with Gasteiger partial charge in [0, 0.05) is 30.2 Å². The number of carbonyl (C=O) groups is 1. The predicted octanol–water partition coefficient (Wildman–Crippen LogP) is 1.07. The van der Waals surface area contributed by atoms with Crippen LogP contribution in [0.2, 0.25) is 0 Å². The molecule has 1 saturated heterocycles. The van der Waals surface area contributed by atoms with Crippen LogP contribution in [0, 0.1) is 0 Å². The second kappa shape index (κ2) is 5.56. The van der Waals surface area contributed by atoms with Crippen molar-refractivity contribution in [3.05, 3.63) is 42.1 Å². The molecule has 1 aliphatic heterocycles. The normalized spacial score (nSPS) is 19.9. The zero-order valence-electron chi connectivity index (χ0n) is 11.0. The largest absolute Gasteiger partial charge is 0.389 e. The molecule has 2 aromatic rings. The van der Waals surface area contributed by atoms with Crippen molar-refractivity contribution >= 4 is 16.8 Å². The monoisotopic (exact) mass is 272 g/mol. The molecule has 0 spiro atoms. The number of nitrogens with zero attached hydrogens (tertiary/aromatic N) is 2. The highest BCUT2D eigenvalue weighted by Crippen LogP contribution is 2.15. The summed E-state index contributed by atoms with van der Waals surface area (Å²) in [5.74, 6) is -0.0831. The Labute approximate surface area is 116 Å². The van der Waals surface area contributed by atoms with Crippen LogP contribution in [-0.4, -0.2) is 53.3 Å². The van der Waals surface area contributed by atoms with Gasteiger partial charge in [-0.05, 0) is 24.3 Å². The number of ether oxygens (including phenoxy) is 1. The highest BCUT2D eigenvalue weighted by atomic mass is 16.5. The van der Waals surface area contributed by atoms with Gasteiger partial charge < -0.3 is 14.7 Å². The van der Waals surface area contributed by atoms with E-state index in [-0.39, 0.29) is 12.5 Å². The highest BCUT2D eigenvalue weighted by Gasteiger charge is 2.22. The number of carbonyl (C=O) groups excluding carboxylic acids is 1. The number of β-amino-alcohol motifs (C(OH)–C–C–N with tert-alkyl or cyclic N) is 1. The summed E-state index contributed by atoms with van der Waals surface area (Å²) in [5, 5.41) is 10.6. The second-order valence-electron chi connectivity index (χ2n) is 4.89. The minimum atomic E-state index is -0.622. The molecule has 0 bridgehead atoms. The van der Waals surface area contributed by atoms with E-state index in [0.717, 1.165) is 10.9 Å². The van der Waals surface area contributed by atoms with Gasteiger partial charge in [0.15, 0.2) is 0 Å². The third kappa shape index (κ3) is 2.64. The molecule has 2 heterocycles. The summed E-state index contributed by atoms with van der Waals surface area (Å²) in [7, 11) is 0. The first-order valence-corrected chi connectivity index (χ1v) is 6.64. The average molecular weight is 272 g/mol. The van der Waals surface area contributed by atoms with E-state index >= 15 is 0 Å². The molecule has 3 rings (SSSR count). The molecule has 1 fully saturated rings. The lowest BCUT2D eigenvalue weighted by Gasteiger charge is -2.21. The summed E-state index contributed by atoms with van der Waals surface area (Å²) >= 11 is 0. The van der Waals surface area contributed by atoms with E-state index in [9.17, 15) is 9.90 Å². The number of benzene rings is 1. The van der Waals surface area contributed by atoms with Gasteiger partial charge in [-0.25, -0.2) is 0 Å². The van der Waals surface area contributed by atoms with E-state index in [2.05, 4.69) is 4.98 Å². The molecule has 5 heteroatoms. The zero-order chi connectivity index (χ0) is 13.9. The summed E-state index contributed by atoms with van der Waals surface area (Å²) in [6, 6.07) is 9.23. The Morgan fingerprint density at radius 2 is 2.30 bits per heavy atom. The number of hydrogen-bond acceptors (Lipinski definition) is 4. The molecule has 0 saturated carbocycles. The Hall–Kier alpha value is -1.98. The van der Waals surface area contributed by atoms with Crippen LogP contribution in [0.4, 0.5) is 0 Å². The molecule has 1 aromatic heterocycles. The minimum Gasteiger partial charge on any atom is -0.389 e. The number of fused-ring (bicyclic) bond motifs is 1. The second-order valence-corrected chi connectivity index (χ2v) is 4.89. The fourth-order valence-corrected chi connectivity index (χ4v) is 2.37. The molecule has 1 amide bonds. The van der Waals surface area contributed by atoms with Gasteiger partial charge in [-0.3, -0.25) is 9.78 Å². The Morgan fingerprint density at radius 3 is 3.20 bits per heavy atom. The van der Waals surface area contributed by atoms with Gasteiger partial charge in [0.25, 0.3) is 5.91 Å². The number of aliphatic hydroxyl groups is 1. The molecule has 1 atom stereocenters. The van der Waals surface area contributed by atoms with Crippen molar-refractivity contribution < 1.29 is 14.6 Å². The fraction of sp³-hybridized carbons (Fsp3) is 0.333. The van der Waals surface area contributed by atoms with Gasteiger partial charge in [0.2, 0.25) is 0 Å². The van der Waals surface area contributed by atoms with Crippen molar-refractivity contribution in [2.75, 3.05) is 26.3 Å². The van der Waals surface area contributed by atoms with Crippen LogP contribution in [-0.2, 0) is 4.74 Å². The summed E-state index contributed by atoms with van der Waals surface area (Å²) in [4.78, 5) is 18.4. The minimum absolute atomic E-state index is 0.0831. The van der Waals surface area contributed by atoms with Gasteiger partial charge >= 0.3 is 0 Å². The number of hydrogen-bond donors (Lipinski definition) is 1. The first-order valence-electron chi connectivity index (χ1n) is 6.64. The smallest absolute Gasteiger partial charge is 0.254 e. The van der Waals surface area contributed by atoms with Crippen LogP contribution in [0.1, 0.15) is 10.4 Å². The van der Waals surface area contributed by atoms with Crippen molar-refractivity contribution in [2.24, 2.45) is 0 Å². The van der Waals surface area contributed by atoms with Crippen LogP contribution >= 0.6 is 0 Å². The maximum absolute atomic E-state index is 12.5. The van der Waals surface area contributed by atoms with E-state index in [0.29, 0.717) is 25.3 Å². The van der Waals surface area contributed by atoms with Gasteiger partial charge in [0.05, 0.1) is 24.8 Å². The quantitative estimate of drug-likeness (QED) is 0.843. The zero-order valence-corrected chi connectivity index (χ0v) is 11.0. The summed E-state index contributed by atoms with van der Waals surface area (Å²) in [6.07, 6.45) is 1.11. The lowest BCUT2D eigenvalue weighted by Crippen LogP contribution is -2.37. The lowest BCUT2D eigenvalue weighted by molar-refractivity contribution is 0.0534. The fourth-order valence-electron chi connectivity index (χ4n) is 2.37. The molecule has 1 aliphatic rings. The Kier molecular flexibility index (Phi) is 3.62. The average Bonchev–Trinajstić information content (AvgIpc) is 2.70. The summed E-state index contributed by atoms with van der Waals surface area (Å²) < 4.78 is 5.24. The van der Waals surface area contributed by atoms with Crippen molar-refractivity contribution in [1.29, 1.82) is 0 Å². The summed E-state index contributed by atoms with van der Waals surface area (Å²) in [5.41, 5.74) is 1.47. The first kappa shape index (κ1) is 13.0. The Bertz CT molecular complexity index is 629. The van der Waals surface area contributed by atoms with E-state index in [1.54, 1.807) is 17.2 Å². The van der Waals surface area contributed by atoms with Crippen molar-refractivity contribution in [2.45, 2.75) is 6.10 Å². The number of rotatable bonds is 1.